The Morgan fingerprint density at radius 2 is 1.47 bits per heavy atom. The Labute approximate surface area is 315 Å². The second-order valence-corrected chi connectivity index (χ2v) is 21.4. The van der Waals surface area contributed by atoms with Crippen molar-refractivity contribution in [3.8, 4) is 0 Å². The van der Waals surface area contributed by atoms with Crippen molar-refractivity contribution >= 4 is 39.4 Å². The van der Waals surface area contributed by atoms with Crippen molar-refractivity contribution in [2.45, 2.75) is 172 Å². The molecule has 1 aliphatic heterocycles. The van der Waals surface area contributed by atoms with Crippen LogP contribution in [0.2, 0.25) is 0 Å². The number of unbranched alkanes of at least 4 members (excludes halogenated alkanes) is 1. The van der Waals surface area contributed by atoms with Gasteiger partial charge in [0.05, 0.1) is 28.8 Å². The Kier molecular flexibility index (Phi) is 12.3. The van der Waals surface area contributed by atoms with Crippen LogP contribution in [-0.4, -0.2) is 96.3 Å². The van der Waals surface area contributed by atoms with E-state index in [4.69, 9.17) is 0 Å². The van der Waals surface area contributed by atoms with Gasteiger partial charge < -0.3 is 26.2 Å². The molecule has 4 N–H and O–H groups in total. The van der Waals surface area contributed by atoms with Gasteiger partial charge in [0.15, 0.2) is 9.84 Å². The molecule has 4 aliphatic carbocycles. The second-order valence-electron chi connectivity index (χ2n) is 18.7. The molecule has 53 heavy (non-hydrogen) atoms. The molecule has 12 nitrogen and oxygen atoms in total. The van der Waals surface area contributed by atoms with Crippen LogP contribution in [0.15, 0.2) is 0 Å². The number of hydrogen-bond donors (Lipinski definition) is 4. The highest BCUT2D eigenvalue weighted by molar-refractivity contribution is 7.92. The maximum Gasteiger partial charge on any atom is 0.315 e. The molecule has 0 aromatic carbocycles. The Morgan fingerprint density at radius 3 is 2.04 bits per heavy atom. The Morgan fingerprint density at radius 1 is 0.868 bits per heavy atom. The van der Waals surface area contributed by atoms with Gasteiger partial charge in [-0.25, -0.2) is 13.2 Å². The number of alkyl halides is 1. The normalized spacial score (nSPS) is 27.1. The zero-order chi connectivity index (χ0) is 39.0. The molecule has 0 aromatic rings. The summed E-state index contributed by atoms with van der Waals surface area (Å²) >= 11 is 0. The number of fused-ring (bicyclic) bond motifs is 1. The first-order valence-corrected chi connectivity index (χ1v) is 21.7. The molecule has 1 saturated heterocycles. The number of carbonyl (C=O) groups is 5. The summed E-state index contributed by atoms with van der Waals surface area (Å²) in [5, 5.41) is 11.6. The van der Waals surface area contributed by atoms with Gasteiger partial charge in [0.1, 0.15) is 12.1 Å². The second kappa shape index (κ2) is 15.8. The summed E-state index contributed by atoms with van der Waals surface area (Å²) < 4.78 is 38.9. The fourth-order valence-corrected chi connectivity index (χ4v) is 10.8. The van der Waals surface area contributed by atoms with E-state index in [9.17, 15) is 36.8 Å². The first kappa shape index (κ1) is 41.4. The summed E-state index contributed by atoms with van der Waals surface area (Å²) in [4.78, 5) is 70.9. The molecule has 5 amide bonds. The lowest BCUT2D eigenvalue weighted by Crippen LogP contribution is -2.65. The highest BCUT2D eigenvalue weighted by Crippen LogP contribution is 2.65. The molecule has 1 heterocycles. The Hall–Kier alpha value is -2.77. The predicted octanol–water partition coefficient (Wildman–Crippen LogP) is 4.50. The maximum atomic E-state index is 14.9. The van der Waals surface area contributed by atoms with Crippen LogP contribution in [0.25, 0.3) is 0 Å². The molecule has 14 heteroatoms. The summed E-state index contributed by atoms with van der Waals surface area (Å²) in [5.41, 5.74) is -1.82. The van der Waals surface area contributed by atoms with E-state index in [-0.39, 0.29) is 47.8 Å². The number of piperidine rings is 1. The Bertz CT molecular complexity index is 1510. The summed E-state index contributed by atoms with van der Waals surface area (Å²) in [7, 11) is -3.58. The largest absolute Gasteiger partial charge is 0.347 e. The quantitative estimate of drug-likeness (QED) is 0.141. The van der Waals surface area contributed by atoms with E-state index in [1.165, 1.54) is 0 Å². The van der Waals surface area contributed by atoms with Crippen molar-refractivity contribution in [2.24, 2.45) is 22.7 Å². The minimum atomic E-state index is -3.58. The monoisotopic (exact) mass is 765 g/mol. The van der Waals surface area contributed by atoms with Gasteiger partial charge in [-0.05, 0) is 101 Å². The molecule has 5 rings (SSSR count). The summed E-state index contributed by atoms with van der Waals surface area (Å²) in [6.07, 6.45) is 9.86. The fourth-order valence-electron chi connectivity index (χ4n) is 9.29. The molecular formula is C39H64FN5O7S. The van der Waals surface area contributed by atoms with Gasteiger partial charge in [0.25, 0.3) is 5.91 Å². The van der Waals surface area contributed by atoms with Crippen LogP contribution in [0.1, 0.15) is 138 Å². The smallest absolute Gasteiger partial charge is 0.315 e. The number of carbonyl (C=O) groups excluding carboxylic acids is 5. The number of sulfone groups is 1. The zero-order valence-electron chi connectivity index (χ0n) is 32.8. The van der Waals surface area contributed by atoms with Gasteiger partial charge >= 0.3 is 6.03 Å². The maximum absolute atomic E-state index is 14.9. The molecular weight excluding hydrogens is 702 g/mol. The van der Waals surface area contributed by atoms with Crippen molar-refractivity contribution in [2.75, 3.05) is 19.0 Å². The lowest BCUT2D eigenvalue weighted by Gasteiger charge is -2.44. The molecule has 5 atom stereocenters. The van der Waals surface area contributed by atoms with Crippen LogP contribution in [0, 0.1) is 22.7 Å². The lowest BCUT2D eigenvalue weighted by molar-refractivity contribution is -0.146. The van der Waals surface area contributed by atoms with Gasteiger partial charge in [-0.1, -0.05) is 59.3 Å². The van der Waals surface area contributed by atoms with Gasteiger partial charge in [-0.15, -0.1) is 0 Å². The average molecular weight is 766 g/mol. The number of Topliss-reactive ketones (excluding diaryl/α,β-unsaturated/α-hetero) is 1. The number of hydrogen-bond acceptors (Lipinski definition) is 7. The van der Waals surface area contributed by atoms with Crippen LogP contribution in [0.5, 0.6) is 0 Å². The van der Waals surface area contributed by atoms with E-state index in [1.54, 1.807) is 25.7 Å². The number of nitrogens with one attached hydrogen (secondary N) is 4. The molecule has 0 radical (unpaired) electrons. The van der Waals surface area contributed by atoms with Crippen LogP contribution in [-0.2, 0) is 29.0 Å². The molecule has 0 aromatic heterocycles. The Balaban J connectivity index is 1.39. The molecule has 5 aliphatic rings. The fraction of sp³-hybridized carbons (Fsp3) is 0.872. The van der Waals surface area contributed by atoms with Crippen molar-refractivity contribution < 1.29 is 36.8 Å². The third-order valence-electron chi connectivity index (χ3n) is 13.2. The van der Waals surface area contributed by atoms with Crippen LogP contribution in [0.3, 0.4) is 0 Å². The lowest BCUT2D eigenvalue weighted by atomic mass is 9.70. The van der Waals surface area contributed by atoms with Gasteiger partial charge in [-0.3, -0.25) is 23.6 Å². The van der Waals surface area contributed by atoms with Crippen molar-refractivity contribution in [1.82, 2.24) is 26.2 Å². The van der Waals surface area contributed by atoms with Crippen LogP contribution >= 0.6 is 0 Å². The van der Waals surface area contributed by atoms with Crippen molar-refractivity contribution in [3.05, 3.63) is 0 Å². The molecule has 0 spiro atoms. The molecule has 5 fully saturated rings. The van der Waals surface area contributed by atoms with Gasteiger partial charge in [0.2, 0.25) is 17.6 Å². The highest BCUT2D eigenvalue weighted by Gasteiger charge is 2.70. The van der Waals surface area contributed by atoms with Crippen molar-refractivity contribution in [3.63, 3.8) is 0 Å². The van der Waals surface area contributed by atoms with Gasteiger partial charge in [0, 0.05) is 12.6 Å². The van der Waals surface area contributed by atoms with E-state index in [1.807, 2.05) is 6.92 Å². The van der Waals surface area contributed by atoms with E-state index in [2.05, 4.69) is 35.1 Å². The molecule has 0 bridgehead atoms. The van der Waals surface area contributed by atoms with E-state index >= 15 is 0 Å². The first-order chi connectivity index (χ1) is 24.8. The van der Waals surface area contributed by atoms with Crippen LogP contribution < -0.4 is 21.3 Å². The van der Waals surface area contributed by atoms with E-state index in [0.29, 0.717) is 38.6 Å². The summed E-state index contributed by atoms with van der Waals surface area (Å²) in [5.74, 6) is -2.79. The molecule has 300 valence electrons. The number of rotatable bonds is 15. The van der Waals surface area contributed by atoms with E-state index < -0.39 is 74.0 Å². The first-order valence-electron chi connectivity index (χ1n) is 20.1. The third-order valence-corrected chi connectivity index (χ3v) is 16.0. The molecule has 1 unspecified atom stereocenters. The SMILES string of the molecule is CC1([C@H](NC(=O)NC2(CS(=O)(=O)C(C)(C)C)CCCCC2)C(=O)N2C[C@H]3[C@@H]([C@H]2C(=O)NC(CCCCF)C(=O)C(=O)NC2CC2)C3(C)C)CCCCC1. The molecule has 4 saturated carbocycles. The standard InChI is InChI=1S/C39H64FN5O7S/c1-36(2,3)53(51,52)24-39(20-12-8-13-21-39)44-35(50)43-31(38(6)18-10-7-11-19-38)34(49)45-23-26-28(37(26,4)5)29(45)32(47)42-27(15-9-14-22-40)30(46)33(48)41-25-16-17-25/h25-29,31H,7-24H2,1-6H3,(H,41,48)(H,42,47)(H2,43,44,50)/t26-,27?,28-,29-,31+/m0/s1. The third kappa shape index (κ3) is 9.20. The number of likely N-dealkylation sites (tertiary alicyclic amines) is 1. The summed E-state index contributed by atoms with van der Waals surface area (Å²) in [6.45, 7) is 10.8. The zero-order valence-corrected chi connectivity index (χ0v) is 33.6. The number of ketones is 1. The average Bonchev–Trinajstić information content (AvgIpc) is 3.93. The minimum absolute atomic E-state index is 0.0304. The number of nitrogens with zero attached hydrogens (tertiary/aromatic N) is 1. The summed E-state index contributed by atoms with van der Waals surface area (Å²) in [6, 6.07) is -3.70. The minimum Gasteiger partial charge on any atom is -0.347 e. The van der Waals surface area contributed by atoms with Crippen LogP contribution in [0.4, 0.5) is 9.18 Å². The van der Waals surface area contributed by atoms with E-state index in [0.717, 1.165) is 51.4 Å². The predicted molar refractivity (Wildman–Crippen MR) is 200 cm³/mol. The highest BCUT2D eigenvalue weighted by atomic mass is 32.2. The number of halogens is 1. The van der Waals surface area contributed by atoms with Crippen molar-refractivity contribution in [1.29, 1.82) is 0 Å². The number of urea groups is 1. The topological polar surface area (TPSA) is 171 Å². The van der Waals surface area contributed by atoms with Gasteiger partial charge in [-0.2, -0.15) is 0 Å². The number of amides is 5.